The van der Waals surface area contributed by atoms with Crippen molar-refractivity contribution in [3.05, 3.63) is 76.2 Å². The van der Waals surface area contributed by atoms with E-state index < -0.39 is 0 Å². The molecule has 0 unspecified atom stereocenters. The fourth-order valence-electron chi connectivity index (χ4n) is 3.76. The van der Waals surface area contributed by atoms with Gasteiger partial charge in [0.05, 0.1) is 11.7 Å². The summed E-state index contributed by atoms with van der Waals surface area (Å²) in [5.74, 6) is 1.74. The molecule has 4 nitrogen and oxygen atoms in total. The molecule has 0 amide bonds. The summed E-state index contributed by atoms with van der Waals surface area (Å²) in [6.07, 6.45) is 4.01. The lowest BCUT2D eigenvalue weighted by molar-refractivity contribution is 0.271. The molecule has 3 heterocycles. The fourth-order valence-corrected chi connectivity index (χ4v) is 4.78. The Labute approximate surface area is 185 Å². The second-order valence-electron chi connectivity index (χ2n) is 7.36. The van der Waals surface area contributed by atoms with E-state index in [0.717, 1.165) is 51.7 Å². The van der Waals surface area contributed by atoms with Crippen molar-refractivity contribution in [1.82, 2.24) is 15.2 Å². The van der Waals surface area contributed by atoms with Gasteiger partial charge in [-0.2, -0.15) is 0 Å². The van der Waals surface area contributed by atoms with Crippen LogP contribution in [0.4, 0.5) is 0 Å². The highest BCUT2D eigenvalue weighted by Crippen LogP contribution is 2.41. The minimum atomic E-state index is -0.0407. The monoisotopic (exact) mass is 469 g/mol. The molecule has 0 saturated carbocycles. The molecule has 2 aromatic heterocycles. The maximum atomic E-state index is 6.39. The summed E-state index contributed by atoms with van der Waals surface area (Å²) in [4.78, 5) is 6.82. The molecule has 4 rings (SSSR count). The van der Waals surface area contributed by atoms with Crippen LogP contribution >= 0.6 is 28.1 Å². The van der Waals surface area contributed by atoms with Gasteiger partial charge in [0.25, 0.3) is 0 Å². The first-order chi connectivity index (χ1) is 14.1. The summed E-state index contributed by atoms with van der Waals surface area (Å²) >= 11 is 9.35. The lowest BCUT2D eigenvalue weighted by Crippen LogP contribution is -2.30. The van der Waals surface area contributed by atoms with Crippen molar-refractivity contribution in [1.29, 1.82) is 0 Å². The van der Waals surface area contributed by atoms with E-state index in [-0.39, 0.29) is 12.1 Å². The van der Waals surface area contributed by atoms with Gasteiger partial charge in [-0.3, -0.25) is 4.98 Å². The number of nitrogens with one attached hydrogen (secondary N) is 1. The first kappa shape index (κ1) is 20.1. The number of halogens is 1. The molecule has 6 heteroatoms. The topological polar surface area (TPSA) is 41.3 Å². The van der Waals surface area contributed by atoms with Gasteiger partial charge < -0.3 is 14.6 Å². The van der Waals surface area contributed by atoms with Crippen LogP contribution in [-0.4, -0.2) is 21.5 Å². The fraction of sp³-hybridized carbons (Fsp3) is 0.304. The average Bonchev–Trinajstić information content (AvgIpc) is 3.31. The Morgan fingerprint density at radius 2 is 2.07 bits per heavy atom. The number of rotatable bonds is 6. The molecular weight excluding hydrogens is 446 g/mol. The zero-order valence-electron chi connectivity index (χ0n) is 16.6. The summed E-state index contributed by atoms with van der Waals surface area (Å²) in [5.41, 5.74) is 3.22. The number of furan rings is 1. The van der Waals surface area contributed by atoms with Crippen molar-refractivity contribution in [2.75, 3.05) is 6.54 Å². The minimum Gasteiger partial charge on any atom is -0.459 e. The molecule has 1 aliphatic rings. The van der Waals surface area contributed by atoms with Crippen LogP contribution in [0.3, 0.4) is 0 Å². The molecular formula is C23H24BrN3OS. The van der Waals surface area contributed by atoms with Crippen molar-refractivity contribution < 1.29 is 4.42 Å². The molecule has 1 aromatic carbocycles. The van der Waals surface area contributed by atoms with Crippen LogP contribution in [0, 0.1) is 6.92 Å². The molecule has 29 heavy (non-hydrogen) atoms. The number of thiocarbonyl (C=S) groups is 1. The minimum absolute atomic E-state index is 0.0260. The second kappa shape index (κ2) is 8.67. The average molecular weight is 470 g/mol. The number of aryl methyl sites for hydroxylation is 1. The van der Waals surface area contributed by atoms with E-state index in [1.165, 1.54) is 5.56 Å². The Kier molecular flexibility index (Phi) is 6.01. The first-order valence-corrected chi connectivity index (χ1v) is 11.1. The van der Waals surface area contributed by atoms with Crippen LogP contribution < -0.4 is 5.32 Å². The predicted octanol–water partition coefficient (Wildman–Crippen LogP) is 6.19. The normalized spacial score (nSPS) is 18.9. The van der Waals surface area contributed by atoms with Crippen molar-refractivity contribution in [3.8, 4) is 11.3 Å². The smallest absolute Gasteiger partial charge is 0.170 e. The lowest BCUT2D eigenvalue weighted by atomic mass is 10.0. The molecule has 3 aromatic rings. The summed E-state index contributed by atoms with van der Waals surface area (Å²) < 4.78 is 7.42. The number of nitrogens with zero attached hydrogens (tertiary/aromatic N) is 2. The van der Waals surface area contributed by atoms with Gasteiger partial charge in [-0.15, -0.1) is 0 Å². The highest BCUT2D eigenvalue weighted by atomic mass is 79.9. The molecule has 0 aliphatic carbocycles. The highest BCUT2D eigenvalue weighted by Gasteiger charge is 2.41. The predicted molar refractivity (Wildman–Crippen MR) is 124 cm³/mol. The summed E-state index contributed by atoms with van der Waals surface area (Å²) in [5, 5.41) is 4.23. The maximum Gasteiger partial charge on any atom is 0.170 e. The van der Waals surface area contributed by atoms with Crippen LogP contribution in [0.25, 0.3) is 11.3 Å². The van der Waals surface area contributed by atoms with Gasteiger partial charge in [0.1, 0.15) is 17.6 Å². The van der Waals surface area contributed by atoms with Crippen LogP contribution in [-0.2, 0) is 0 Å². The number of aromatic nitrogens is 1. The van der Waals surface area contributed by atoms with Crippen molar-refractivity contribution >= 4 is 33.3 Å². The third-order valence-electron chi connectivity index (χ3n) is 5.26. The summed E-state index contributed by atoms with van der Waals surface area (Å²) in [6.45, 7) is 5.16. The van der Waals surface area contributed by atoms with E-state index in [4.69, 9.17) is 16.6 Å². The number of hydrogen-bond donors (Lipinski definition) is 1. The third kappa shape index (κ3) is 4.09. The third-order valence-corrected chi connectivity index (χ3v) is 6.27. The van der Waals surface area contributed by atoms with Crippen LogP contribution in [0.15, 0.2) is 63.6 Å². The Morgan fingerprint density at radius 3 is 2.79 bits per heavy atom. The van der Waals surface area contributed by atoms with Gasteiger partial charge in [0.2, 0.25) is 0 Å². The van der Waals surface area contributed by atoms with Crippen molar-refractivity contribution in [2.45, 2.75) is 38.8 Å². The largest absolute Gasteiger partial charge is 0.459 e. The Bertz CT molecular complexity index is 1000. The van der Waals surface area contributed by atoms with E-state index >= 15 is 0 Å². The van der Waals surface area contributed by atoms with E-state index in [1.54, 1.807) is 0 Å². The van der Waals surface area contributed by atoms with Gasteiger partial charge in [0.15, 0.2) is 5.11 Å². The number of unbranched alkanes of at least 4 members (excludes halogenated alkanes) is 1. The molecule has 1 saturated heterocycles. The van der Waals surface area contributed by atoms with Crippen molar-refractivity contribution in [3.63, 3.8) is 0 Å². The Balaban J connectivity index is 1.72. The van der Waals surface area contributed by atoms with Gasteiger partial charge in [0, 0.05) is 22.8 Å². The lowest BCUT2D eigenvalue weighted by Gasteiger charge is -2.25. The van der Waals surface area contributed by atoms with E-state index in [9.17, 15) is 0 Å². The zero-order valence-corrected chi connectivity index (χ0v) is 19.0. The zero-order chi connectivity index (χ0) is 20.4. The van der Waals surface area contributed by atoms with Gasteiger partial charge in [-0.25, -0.2) is 0 Å². The Hall–Kier alpha value is -2.18. The molecule has 0 bridgehead atoms. The molecule has 0 radical (unpaired) electrons. The second-order valence-corrected chi connectivity index (χ2v) is 8.60. The number of benzene rings is 1. The molecule has 2 atom stereocenters. The van der Waals surface area contributed by atoms with Crippen LogP contribution in [0.2, 0.25) is 0 Å². The maximum absolute atomic E-state index is 6.39. The number of hydrogen-bond acceptors (Lipinski definition) is 3. The summed E-state index contributed by atoms with van der Waals surface area (Å²) in [6, 6.07) is 16.3. The Morgan fingerprint density at radius 1 is 1.21 bits per heavy atom. The van der Waals surface area contributed by atoms with Crippen LogP contribution in [0.1, 0.15) is 48.9 Å². The SMILES string of the molecule is CCCCN1C(=S)N[C@H](c2ccccn2)[C@H]1c1ccc(-c2ccc(C)cc2Br)o1. The van der Waals surface area contributed by atoms with E-state index in [2.05, 4.69) is 69.2 Å². The van der Waals surface area contributed by atoms with Gasteiger partial charge >= 0.3 is 0 Å². The van der Waals surface area contributed by atoms with E-state index in [0.29, 0.717) is 0 Å². The van der Waals surface area contributed by atoms with E-state index in [1.807, 2.05) is 30.5 Å². The molecule has 1 aliphatic heterocycles. The van der Waals surface area contributed by atoms with Crippen molar-refractivity contribution in [2.24, 2.45) is 0 Å². The van der Waals surface area contributed by atoms with Crippen LogP contribution in [0.5, 0.6) is 0 Å². The highest BCUT2D eigenvalue weighted by molar-refractivity contribution is 9.10. The molecule has 150 valence electrons. The standard InChI is InChI=1S/C23H24BrN3OS/c1-3-4-13-27-22(21(26-23(27)29)18-7-5-6-12-25-18)20-11-10-19(28-20)16-9-8-15(2)14-17(16)24/h5-12,14,21-22H,3-4,13H2,1-2H3,(H,26,29)/t21-,22-/m1/s1. The first-order valence-electron chi connectivity index (χ1n) is 9.93. The van der Waals surface area contributed by atoms with Gasteiger partial charge in [-0.1, -0.05) is 41.4 Å². The molecule has 1 fully saturated rings. The molecule has 0 spiro atoms. The van der Waals surface area contributed by atoms with Gasteiger partial charge in [-0.05, 0) is 67.5 Å². The summed E-state index contributed by atoms with van der Waals surface area (Å²) in [7, 11) is 0. The quantitative estimate of drug-likeness (QED) is 0.436. The molecule has 1 N–H and O–H groups in total. The number of pyridine rings is 1.